The summed E-state index contributed by atoms with van der Waals surface area (Å²) in [5.41, 5.74) is 5.33. The van der Waals surface area contributed by atoms with Gasteiger partial charge in [-0.05, 0) is 91.1 Å². The molecule has 2 heterocycles. The molecule has 4 nitrogen and oxygen atoms in total. The minimum atomic E-state index is -0.720. The quantitative estimate of drug-likeness (QED) is 0.308. The Morgan fingerprint density at radius 3 is 2.73 bits per heavy atom. The topological polar surface area (TPSA) is 48.4 Å². The van der Waals surface area contributed by atoms with Crippen LogP contribution in [0.1, 0.15) is 43.6 Å². The molecular weight excluding hydrogens is 434 g/mol. The van der Waals surface area contributed by atoms with E-state index in [1.54, 1.807) is 0 Å². The molecule has 33 heavy (non-hydrogen) atoms. The van der Waals surface area contributed by atoms with E-state index in [9.17, 15) is 4.79 Å². The Morgan fingerprint density at radius 1 is 1.15 bits per heavy atom. The van der Waals surface area contributed by atoms with Gasteiger partial charge in [0.1, 0.15) is 11.9 Å². The fraction of sp³-hybridized carbons (Fsp3) is 0.286. The lowest BCUT2D eigenvalue weighted by atomic mass is 9.86. The van der Waals surface area contributed by atoms with Crippen LogP contribution in [0.25, 0.3) is 32.8 Å². The number of rotatable bonds is 4. The van der Waals surface area contributed by atoms with E-state index in [0.717, 1.165) is 62.4 Å². The van der Waals surface area contributed by atoms with Gasteiger partial charge in [-0.15, -0.1) is 0 Å². The fourth-order valence-electron chi connectivity index (χ4n) is 4.83. The maximum absolute atomic E-state index is 12.4. The van der Waals surface area contributed by atoms with Crippen molar-refractivity contribution in [3.8, 4) is 16.9 Å². The highest BCUT2D eigenvalue weighted by atomic mass is 35.5. The molecule has 0 saturated heterocycles. The third kappa shape index (κ3) is 3.88. The molecule has 0 amide bonds. The Balaban J connectivity index is 1.90. The number of carbonyl (C=O) groups is 1. The molecular formula is C28H26ClNO3. The minimum Gasteiger partial charge on any atom is -0.493 e. The molecule has 5 rings (SSSR count). The maximum atomic E-state index is 12.4. The molecule has 0 fully saturated rings. The lowest BCUT2D eigenvalue weighted by molar-refractivity contribution is -0.128. The van der Waals surface area contributed by atoms with Crippen molar-refractivity contribution >= 4 is 39.6 Å². The summed E-state index contributed by atoms with van der Waals surface area (Å²) >= 11 is 6.34. The first-order chi connectivity index (χ1) is 15.8. The normalized spacial score (nSPS) is 14.3. The van der Waals surface area contributed by atoms with Gasteiger partial charge < -0.3 is 14.3 Å². The summed E-state index contributed by atoms with van der Waals surface area (Å²) in [6.45, 7) is 8.56. The van der Waals surface area contributed by atoms with E-state index >= 15 is 0 Å². The van der Waals surface area contributed by atoms with Crippen molar-refractivity contribution in [3.05, 3.63) is 70.4 Å². The number of aromatic nitrogens is 1. The van der Waals surface area contributed by atoms with Crippen molar-refractivity contribution in [2.75, 3.05) is 6.61 Å². The van der Waals surface area contributed by atoms with Gasteiger partial charge in [0.2, 0.25) is 0 Å². The number of benzene rings is 3. The summed E-state index contributed by atoms with van der Waals surface area (Å²) in [4.78, 5) is 17.1. The van der Waals surface area contributed by atoms with Crippen molar-refractivity contribution in [2.45, 2.75) is 45.8 Å². The molecule has 168 valence electrons. The Kier molecular flexibility index (Phi) is 5.38. The zero-order valence-corrected chi connectivity index (χ0v) is 20.0. The van der Waals surface area contributed by atoms with Crippen molar-refractivity contribution in [2.24, 2.45) is 0 Å². The average molecular weight is 460 g/mol. The number of nitrogens with zero attached hydrogens (tertiary/aromatic N) is 1. The third-order valence-electron chi connectivity index (χ3n) is 6.08. The van der Waals surface area contributed by atoms with Gasteiger partial charge in [-0.1, -0.05) is 23.7 Å². The molecule has 5 heteroatoms. The lowest BCUT2D eigenvalue weighted by Gasteiger charge is -2.28. The monoisotopic (exact) mass is 459 g/mol. The number of carbonyl (C=O) groups excluding carboxylic acids is 1. The van der Waals surface area contributed by atoms with Gasteiger partial charge in [0.15, 0.2) is 6.29 Å². The number of halogens is 1. The largest absolute Gasteiger partial charge is 0.493 e. The molecule has 1 aromatic heterocycles. The summed E-state index contributed by atoms with van der Waals surface area (Å²) in [5, 5.41) is 3.72. The first-order valence-corrected chi connectivity index (χ1v) is 11.5. The summed E-state index contributed by atoms with van der Waals surface area (Å²) in [6, 6.07) is 14.0. The smallest absolute Gasteiger partial charge is 0.153 e. The number of aryl methyl sites for hydroxylation is 1. The first kappa shape index (κ1) is 21.9. The molecule has 0 bridgehead atoms. The summed E-state index contributed by atoms with van der Waals surface area (Å²) in [6.07, 6.45) is 2.87. The predicted octanol–water partition coefficient (Wildman–Crippen LogP) is 7.01. The highest BCUT2D eigenvalue weighted by Gasteiger charge is 2.28. The van der Waals surface area contributed by atoms with Crippen LogP contribution in [0.4, 0.5) is 0 Å². The molecule has 1 atom stereocenters. The molecule has 0 spiro atoms. The summed E-state index contributed by atoms with van der Waals surface area (Å²) < 4.78 is 12.2. The molecule has 0 N–H and O–H groups in total. The zero-order valence-electron chi connectivity index (χ0n) is 19.2. The van der Waals surface area contributed by atoms with Crippen LogP contribution in [-0.2, 0) is 16.0 Å². The second kappa shape index (κ2) is 8.12. The number of pyridine rings is 1. The molecule has 3 aromatic carbocycles. The molecule has 1 aliphatic heterocycles. The summed E-state index contributed by atoms with van der Waals surface area (Å²) in [5.74, 6) is 0.850. The molecule has 4 aromatic rings. The first-order valence-electron chi connectivity index (χ1n) is 11.2. The second-order valence-electron chi connectivity index (χ2n) is 9.54. The van der Waals surface area contributed by atoms with Crippen LogP contribution in [0.3, 0.4) is 0 Å². The van der Waals surface area contributed by atoms with Gasteiger partial charge in [-0.2, -0.15) is 0 Å². The molecule has 0 saturated carbocycles. The van der Waals surface area contributed by atoms with Crippen LogP contribution in [0, 0.1) is 6.92 Å². The molecule has 1 aliphatic rings. The van der Waals surface area contributed by atoms with E-state index in [0.29, 0.717) is 11.6 Å². The Hall–Kier alpha value is -2.95. The number of fused-ring (bicyclic) bond motifs is 1. The van der Waals surface area contributed by atoms with Crippen molar-refractivity contribution in [1.29, 1.82) is 0 Å². The minimum absolute atomic E-state index is 0.490. The van der Waals surface area contributed by atoms with Gasteiger partial charge in [0, 0.05) is 28.6 Å². The SMILES string of the molecule is Cc1cc2cc(Cl)ccc2c(-c2ccc3c4c(ccnc24)CCO3)c1[C@H](C=O)OC(C)(C)C. The lowest BCUT2D eigenvalue weighted by Crippen LogP contribution is -2.24. The van der Waals surface area contributed by atoms with Gasteiger partial charge in [-0.3, -0.25) is 4.98 Å². The third-order valence-corrected chi connectivity index (χ3v) is 6.31. The number of hydrogen-bond donors (Lipinski definition) is 0. The Morgan fingerprint density at radius 2 is 1.97 bits per heavy atom. The van der Waals surface area contributed by atoms with E-state index < -0.39 is 11.7 Å². The zero-order chi connectivity index (χ0) is 23.3. The summed E-state index contributed by atoms with van der Waals surface area (Å²) in [7, 11) is 0. The van der Waals surface area contributed by atoms with Gasteiger partial charge in [0.05, 0.1) is 17.7 Å². The van der Waals surface area contributed by atoms with E-state index in [1.807, 2.05) is 64.2 Å². The number of hydrogen-bond acceptors (Lipinski definition) is 4. The van der Waals surface area contributed by atoms with Crippen LogP contribution >= 0.6 is 11.6 Å². The van der Waals surface area contributed by atoms with Crippen LogP contribution in [0.5, 0.6) is 5.75 Å². The van der Waals surface area contributed by atoms with E-state index in [-0.39, 0.29) is 0 Å². The van der Waals surface area contributed by atoms with Crippen molar-refractivity contribution in [3.63, 3.8) is 0 Å². The Labute approximate surface area is 198 Å². The average Bonchev–Trinajstić information content (AvgIpc) is 2.77. The van der Waals surface area contributed by atoms with Crippen LogP contribution in [0.2, 0.25) is 5.02 Å². The predicted molar refractivity (Wildman–Crippen MR) is 133 cm³/mol. The Bertz CT molecular complexity index is 1390. The highest BCUT2D eigenvalue weighted by Crippen LogP contribution is 2.44. The van der Waals surface area contributed by atoms with Gasteiger partial charge in [-0.25, -0.2) is 0 Å². The van der Waals surface area contributed by atoms with Crippen molar-refractivity contribution in [1.82, 2.24) is 4.98 Å². The van der Waals surface area contributed by atoms with Gasteiger partial charge in [0.25, 0.3) is 0 Å². The second-order valence-corrected chi connectivity index (χ2v) is 9.97. The standard InChI is InChI=1S/C28H26ClNO3/c1-16-13-18-14-19(29)5-6-20(18)26(24(16)23(15-31)33-28(2,3)4)21-7-8-22-25-17(10-12-32-22)9-11-30-27(21)25/h5-9,11,13-15,23H,10,12H2,1-4H3/t23-/m0/s1. The molecule has 0 radical (unpaired) electrons. The van der Waals surface area contributed by atoms with Crippen LogP contribution in [-0.4, -0.2) is 23.5 Å². The van der Waals surface area contributed by atoms with Gasteiger partial charge >= 0.3 is 0 Å². The number of aldehydes is 1. The molecule has 0 unspecified atom stereocenters. The molecule has 0 aliphatic carbocycles. The van der Waals surface area contributed by atoms with E-state index in [2.05, 4.69) is 12.1 Å². The fourth-order valence-corrected chi connectivity index (χ4v) is 5.01. The van der Waals surface area contributed by atoms with E-state index in [1.165, 1.54) is 5.56 Å². The highest BCUT2D eigenvalue weighted by molar-refractivity contribution is 6.31. The van der Waals surface area contributed by atoms with E-state index in [4.69, 9.17) is 26.1 Å². The van der Waals surface area contributed by atoms with Crippen LogP contribution in [0.15, 0.2) is 48.7 Å². The maximum Gasteiger partial charge on any atom is 0.153 e. The van der Waals surface area contributed by atoms with Crippen LogP contribution < -0.4 is 4.74 Å². The van der Waals surface area contributed by atoms with Crippen molar-refractivity contribution < 1.29 is 14.3 Å². The number of ether oxygens (including phenoxy) is 2.